The number of aliphatic hydroxyl groups is 1. The number of nitrogen functional groups attached to an aromatic ring is 1. The number of nitrogens with one attached hydrogen (secondary N) is 1. The first-order valence-corrected chi connectivity index (χ1v) is 12.6. The number of carbonyl (C=O) groups is 2. The standard InChI is InChI=1S/C30H30N4O4/c1-30(37)12-14-34(15-13-30)29(36)22-6-4-21(5-7-22)23-8-9-26-24(16-23)17-25(38-26)19-33-28(35)11-3-20-2-10-27(31)32-18-20/h2-11,16-18,37H,12-15,19H2,1H3,(H2,31,32)(H,33,35)/b11-3+. The van der Waals surface area contributed by atoms with Gasteiger partial charge in [-0.2, -0.15) is 0 Å². The van der Waals surface area contributed by atoms with Crippen molar-refractivity contribution in [2.45, 2.75) is 31.9 Å². The van der Waals surface area contributed by atoms with Crippen LogP contribution in [0.4, 0.5) is 5.82 Å². The summed E-state index contributed by atoms with van der Waals surface area (Å²) in [6.45, 7) is 3.20. The van der Waals surface area contributed by atoms with Crippen LogP contribution < -0.4 is 11.1 Å². The maximum atomic E-state index is 12.9. The molecule has 194 valence electrons. The van der Waals surface area contributed by atoms with Gasteiger partial charge < -0.3 is 25.5 Å². The van der Waals surface area contributed by atoms with Crippen LogP contribution in [0.15, 0.2) is 77.4 Å². The van der Waals surface area contributed by atoms with Gasteiger partial charge in [0.1, 0.15) is 17.2 Å². The molecule has 5 rings (SSSR count). The van der Waals surface area contributed by atoms with Crippen LogP contribution in [-0.4, -0.2) is 45.5 Å². The van der Waals surface area contributed by atoms with Gasteiger partial charge in [-0.05, 0) is 85.0 Å². The average molecular weight is 511 g/mol. The molecule has 0 radical (unpaired) electrons. The van der Waals surface area contributed by atoms with Crippen LogP contribution in [0.1, 0.15) is 41.4 Å². The van der Waals surface area contributed by atoms with E-state index in [1.54, 1.807) is 29.3 Å². The summed E-state index contributed by atoms with van der Waals surface area (Å²) in [5, 5.41) is 13.9. The minimum Gasteiger partial charge on any atom is -0.459 e. The Bertz CT molecular complexity index is 1480. The van der Waals surface area contributed by atoms with Gasteiger partial charge in [-0.25, -0.2) is 4.98 Å². The number of pyridine rings is 1. The smallest absolute Gasteiger partial charge is 0.253 e. The van der Waals surface area contributed by atoms with Crippen molar-refractivity contribution in [2.75, 3.05) is 18.8 Å². The van der Waals surface area contributed by atoms with Crippen molar-refractivity contribution in [3.05, 3.63) is 89.8 Å². The van der Waals surface area contributed by atoms with Crippen molar-refractivity contribution in [1.29, 1.82) is 0 Å². The summed E-state index contributed by atoms with van der Waals surface area (Å²) >= 11 is 0. The number of furan rings is 1. The summed E-state index contributed by atoms with van der Waals surface area (Å²) in [4.78, 5) is 30.9. The van der Waals surface area contributed by atoms with Crippen LogP contribution in [0.2, 0.25) is 0 Å². The molecule has 1 aliphatic heterocycles. The number of piperidine rings is 1. The highest BCUT2D eigenvalue weighted by Gasteiger charge is 2.29. The predicted octanol–water partition coefficient (Wildman–Crippen LogP) is 4.39. The number of likely N-dealkylation sites (tertiary alicyclic amines) is 1. The highest BCUT2D eigenvalue weighted by Crippen LogP contribution is 2.28. The van der Waals surface area contributed by atoms with Gasteiger partial charge in [0.25, 0.3) is 5.91 Å². The SMILES string of the molecule is CC1(O)CCN(C(=O)c2ccc(-c3ccc4oc(CNC(=O)/C=C/c5ccc(N)nc5)cc4c3)cc2)CC1. The molecule has 0 atom stereocenters. The van der Waals surface area contributed by atoms with E-state index in [1.807, 2.05) is 55.5 Å². The zero-order chi connectivity index (χ0) is 26.7. The minimum absolute atomic E-state index is 0.0102. The van der Waals surface area contributed by atoms with Crippen LogP contribution in [0, 0.1) is 0 Å². The van der Waals surface area contributed by atoms with Gasteiger partial charge in [0.2, 0.25) is 5.91 Å². The normalized spacial score (nSPS) is 15.2. The fraction of sp³-hybridized carbons (Fsp3) is 0.233. The van der Waals surface area contributed by atoms with Crippen LogP contribution in [0.3, 0.4) is 0 Å². The van der Waals surface area contributed by atoms with Gasteiger partial charge in [0.15, 0.2) is 0 Å². The number of rotatable bonds is 6. The lowest BCUT2D eigenvalue weighted by Gasteiger charge is -2.35. The van der Waals surface area contributed by atoms with Crippen molar-refractivity contribution in [3.63, 3.8) is 0 Å². The molecule has 0 aliphatic carbocycles. The van der Waals surface area contributed by atoms with Crippen molar-refractivity contribution in [3.8, 4) is 11.1 Å². The number of hydrogen-bond donors (Lipinski definition) is 3. The molecule has 38 heavy (non-hydrogen) atoms. The predicted molar refractivity (Wildman–Crippen MR) is 147 cm³/mol. The number of fused-ring (bicyclic) bond motifs is 1. The van der Waals surface area contributed by atoms with Gasteiger partial charge in [0, 0.05) is 36.3 Å². The number of hydrogen-bond acceptors (Lipinski definition) is 6. The molecule has 0 bridgehead atoms. The first kappa shape index (κ1) is 25.2. The third-order valence-electron chi connectivity index (χ3n) is 6.83. The molecule has 2 amide bonds. The van der Waals surface area contributed by atoms with Gasteiger partial charge in [-0.3, -0.25) is 9.59 Å². The molecule has 0 saturated carbocycles. The molecule has 1 saturated heterocycles. The first-order valence-electron chi connectivity index (χ1n) is 12.6. The Morgan fingerprint density at radius 1 is 1.08 bits per heavy atom. The van der Waals surface area contributed by atoms with Crippen LogP contribution in [0.5, 0.6) is 0 Å². The number of amides is 2. The molecular formula is C30H30N4O4. The van der Waals surface area contributed by atoms with Gasteiger partial charge in [0.05, 0.1) is 12.1 Å². The largest absolute Gasteiger partial charge is 0.459 e. The molecule has 2 aromatic carbocycles. The maximum absolute atomic E-state index is 12.9. The van der Waals surface area contributed by atoms with E-state index in [0.717, 1.165) is 27.7 Å². The minimum atomic E-state index is -0.690. The Kier molecular flexibility index (Phi) is 6.98. The van der Waals surface area contributed by atoms with E-state index < -0.39 is 5.60 Å². The summed E-state index contributed by atoms with van der Waals surface area (Å²) in [5.41, 5.74) is 9.03. The molecule has 0 unspecified atom stereocenters. The highest BCUT2D eigenvalue weighted by atomic mass is 16.3. The van der Waals surface area contributed by atoms with E-state index in [4.69, 9.17) is 10.2 Å². The van der Waals surface area contributed by atoms with Crippen LogP contribution >= 0.6 is 0 Å². The van der Waals surface area contributed by atoms with Gasteiger partial charge in [-0.1, -0.05) is 18.2 Å². The third-order valence-corrected chi connectivity index (χ3v) is 6.83. The molecule has 8 nitrogen and oxygen atoms in total. The number of aromatic nitrogens is 1. The summed E-state index contributed by atoms with van der Waals surface area (Å²) in [7, 11) is 0. The van der Waals surface area contributed by atoms with E-state index in [1.165, 1.54) is 6.08 Å². The van der Waals surface area contributed by atoms with E-state index in [-0.39, 0.29) is 18.4 Å². The van der Waals surface area contributed by atoms with Crippen molar-refractivity contribution in [1.82, 2.24) is 15.2 Å². The summed E-state index contributed by atoms with van der Waals surface area (Å²) in [6, 6.07) is 18.9. The number of anilines is 1. The molecule has 3 heterocycles. The topological polar surface area (TPSA) is 122 Å². The zero-order valence-corrected chi connectivity index (χ0v) is 21.2. The van der Waals surface area contributed by atoms with E-state index in [9.17, 15) is 14.7 Å². The van der Waals surface area contributed by atoms with E-state index in [2.05, 4.69) is 10.3 Å². The summed E-state index contributed by atoms with van der Waals surface area (Å²) in [5.74, 6) is 0.822. The first-order chi connectivity index (χ1) is 18.3. The lowest BCUT2D eigenvalue weighted by molar-refractivity contribution is -0.116. The maximum Gasteiger partial charge on any atom is 0.253 e. The van der Waals surface area contributed by atoms with Gasteiger partial charge >= 0.3 is 0 Å². The molecule has 1 fully saturated rings. The molecular weight excluding hydrogens is 480 g/mol. The van der Waals surface area contributed by atoms with Crippen LogP contribution in [-0.2, 0) is 11.3 Å². The molecule has 0 spiro atoms. The third kappa shape index (κ3) is 5.92. The Morgan fingerprint density at radius 2 is 1.82 bits per heavy atom. The Labute approximate surface area is 220 Å². The second-order valence-electron chi connectivity index (χ2n) is 9.90. The second-order valence-corrected chi connectivity index (χ2v) is 9.90. The lowest BCUT2D eigenvalue weighted by atomic mass is 9.93. The monoisotopic (exact) mass is 510 g/mol. The molecule has 2 aromatic heterocycles. The second kappa shape index (κ2) is 10.5. The Morgan fingerprint density at radius 3 is 2.53 bits per heavy atom. The molecule has 8 heteroatoms. The zero-order valence-electron chi connectivity index (χ0n) is 21.2. The fourth-order valence-electron chi connectivity index (χ4n) is 4.46. The number of carbonyl (C=O) groups excluding carboxylic acids is 2. The Hall–Kier alpha value is -4.43. The van der Waals surface area contributed by atoms with E-state index >= 15 is 0 Å². The fourth-order valence-corrected chi connectivity index (χ4v) is 4.46. The Balaban J connectivity index is 1.21. The van der Waals surface area contributed by atoms with E-state index in [0.29, 0.717) is 43.1 Å². The molecule has 4 N–H and O–H groups in total. The lowest BCUT2D eigenvalue weighted by Crippen LogP contribution is -2.45. The number of nitrogens with zero attached hydrogens (tertiary/aromatic N) is 2. The quantitative estimate of drug-likeness (QED) is 0.331. The van der Waals surface area contributed by atoms with Crippen molar-refractivity contribution >= 4 is 34.7 Å². The molecule has 1 aliphatic rings. The summed E-state index contributed by atoms with van der Waals surface area (Å²) in [6.07, 6.45) is 5.89. The number of benzene rings is 2. The van der Waals surface area contributed by atoms with Crippen molar-refractivity contribution < 1.29 is 19.1 Å². The average Bonchev–Trinajstić information content (AvgIpc) is 3.33. The highest BCUT2D eigenvalue weighted by molar-refractivity contribution is 5.95. The summed E-state index contributed by atoms with van der Waals surface area (Å²) < 4.78 is 5.89. The molecule has 4 aromatic rings. The van der Waals surface area contributed by atoms with Crippen LogP contribution in [0.25, 0.3) is 28.2 Å². The van der Waals surface area contributed by atoms with Gasteiger partial charge in [-0.15, -0.1) is 0 Å². The van der Waals surface area contributed by atoms with Crippen molar-refractivity contribution in [2.24, 2.45) is 0 Å². The number of nitrogens with two attached hydrogens (primary N) is 1.